The highest BCUT2D eigenvalue weighted by Crippen LogP contribution is 2.45. The molecule has 2 aliphatic heterocycles. The molecule has 0 fully saturated rings. The van der Waals surface area contributed by atoms with E-state index in [1.165, 1.54) is 0 Å². The predicted octanol–water partition coefficient (Wildman–Crippen LogP) is 16.9. The van der Waals surface area contributed by atoms with E-state index in [1.807, 2.05) is 36.7 Å². The van der Waals surface area contributed by atoms with Crippen molar-refractivity contribution in [3.05, 3.63) is 221 Å². The van der Waals surface area contributed by atoms with Crippen molar-refractivity contribution in [2.24, 2.45) is 0 Å². The van der Waals surface area contributed by atoms with Crippen molar-refractivity contribution in [2.75, 3.05) is 10.6 Å². The number of aromatic nitrogens is 6. The van der Waals surface area contributed by atoms with Gasteiger partial charge in [-0.1, -0.05) is 196 Å². The van der Waals surface area contributed by atoms with Gasteiger partial charge < -0.3 is 40.5 Å². The smallest absolute Gasteiger partial charge is 0.134 e. The lowest BCUT2D eigenvalue weighted by Crippen LogP contribution is -2.16. The fourth-order valence-electron chi connectivity index (χ4n) is 12.7. The molecule has 18 bridgehead atoms. The van der Waals surface area contributed by atoms with E-state index in [0.29, 0.717) is 72.8 Å². The molecular weight excluding hydrogens is 1170 g/mol. The molecule has 0 saturated heterocycles. The number of phenolic OH excluding ortho intramolecular Hbond substituents is 4. The molecule has 3 aliphatic rings. The zero-order chi connectivity index (χ0) is 67.8. The maximum atomic E-state index is 13.1. The van der Waals surface area contributed by atoms with E-state index in [0.717, 1.165) is 100 Å². The first kappa shape index (κ1) is 66.7. The van der Waals surface area contributed by atoms with Crippen molar-refractivity contribution < 1.29 is 29.9 Å². The van der Waals surface area contributed by atoms with Crippen LogP contribution in [0.5, 0.6) is 34.5 Å². The summed E-state index contributed by atoms with van der Waals surface area (Å²) in [6.45, 7) is 40.8. The number of phenols is 4. The van der Waals surface area contributed by atoms with Crippen LogP contribution in [0.3, 0.4) is 0 Å². The van der Waals surface area contributed by atoms with Crippen LogP contribution in [0.1, 0.15) is 236 Å². The molecule has 1 aliphatic carbocycles. The molecule has 7 aromatic carbocycles. The van der Waals surface area contributed by atoms with Crippen molar-refractivity contribution in [2.45, 2.75) is 222 Å². The molecule has 14 heteroatoms. The summed E-state index contributed by atoms with van der Waals surface area (Å²) in [6.07, 6.45) is 5.07. The topological polar surface area (TPSA) is 185 Å². The zero-order valence-electron chi connectivity index (χ0n) is 58.8. The van der Waals surface area contributed by atoms with Crippen molar-refractivity contribution in [3.63, 3.8) is 0 Å². The van der Waals surface area contributed by atoms with Crippen LogP contribution in [0.25, 0.3) is 0 Å². The highest BCUT2D eigenvalue weighted by molar-refractivity contribution is 5.69. The van der Waals surface area contributed by atoms with E-state index in [1.54, 1.807) is 9.36 Å². The van der Waals surface area contributed by atoms with Gasteiger partial charge in [0.15, 0.2) is 0 Å². The number of para-hydroxylation sites is 2. The largest absolute Gasteiger partial charge is 0.507 e. The Morgan fingerprint density at radius 3 is 0.862 bits per heavy atom. The Morgan fingerprint density at radius 1 is 0.340 bits per heavy atom. The molecule has 2 aromatic heterocycles. The van der Waals surface area contributed by atoms with Crippen molar-refractivity contribution in [3.8, 4) is 34.5 Å². The van der Waals surface area contributed by atoms with E-state index >= 15 is 0 Å². The minimum Gasteiger partial charge on any atom is -0.507 e. The molecule has 94 heavy (non-hydrogen) atoms. The molecule has 14 nitrogen and oxygen atoms in total. The van der Waals surface area contributed by atoms with E-state index in [9.17, 15) is 20.4 Å². The molecule has 0 saturated carbocycles. The number of fused-ring (bicyclic) bond motifs is 4. The highest BCUT2D eigenvalue weighted by atomic mass is 16.5. The second kappa shape index (κ2) is 24.8. The number of nitrogens with zero attached hydrogens (tertiary/aromatic N) is 6. The van der Waals surface area contributed by atoms with Gasteiger partial charge in [0, 0.05) is 61.0 Å². The van der Waals surface area contributed by atoms with Gasteiger partial charge in [0.05, 0.1) is 36.9 Å². The Bertz CT molecular complexity index is 3960. The summed E-state index contributed by atoms with van der Waals surface area (Å²) in [6, 6.07) is 33.8. The van der Waals surface area contributed by atoms with Crippen molar-refractivity contribution in [1.82, 2.24) is 30.0 Å². The van der Waals surface area contributed by atoms with E-state index in [-0.39, 0.29) is 81.8 Å². The average molecular weight is 1270 g/mol. The molecule has 0 unspecified atom stereocenters. The SMILES string of the molecule is CC(C)(C)c1cc2c(O)c(c1)Cc1cc(C(C)(C)C)cc3c1OCc1cn(nn1)Cc1cc(C(C)(C)C)cc(c1O)CNc1ccccc1NCc1cc(C(C)(C)C)cc(c1O)Cn1cc(nn1)COc1c(cc(C(C)(C)C)cc1Cc1cc(C(C)(C)C)cc(c1O)C3)C2. The minimum atomic E-state index is -0.302. The van der Waals surface area contributed by atoms with Crippen LogP contribution in [-0.4, -0.2) is 50.4 Å². The number of rotatable bonds is 0. The summed E-state index contributed by atoms with van der Waals surface area (Å²) in [7, 11) is 0. The number of anilines is 2. The summed E-state index contributed by atoms with van der Waals surface area (Å²) < 4.78 is 17.9. The van der Waals surface area contributed by atoms with E-state index in [2.05, 4.69) is 218 Å². The molecule has 0 spiro atoms. The average Bonchev–Trinajstić information content (AvgIpc) is 1.09. The quantitative estimate of drug-likeness (QED) is 0.0846. The zero-order valence-corrected chi connectivity index (χ0v) is 58.8. The van der Waals surface area contributed by atoms with Gasteiger partial charge in [-0.2, -0.15) is 0 Å². The molecule has 0 amide bonds. The van der Waals surface area contributed by atoms with Gasteiger partial charge in [-0.25, -0.2) is 9.36 Å². The summed E-state index contributed by atoms with van der Waals surface area (Å²) in [5, 5.41) is 76.6. The third-order valence-electron chi connectivity index (χ3n) is 18.7. The van der Waals surface area contributed by atoms with Crippen LogP contribution in [0, 0.1) is 0 Å². The minimum absolute atomic E-state index is 0.0661. The van der Waals surface area contributed by atoms with Gasteiger partial charge in [0.25, 0.3) is 0 Å². The first-order valence-electron chi connectivity index (χ1n) is 33.3. The molecule has 9 aromatic rings. The second-order valence-corrected chi connectivity index (χ2v) is 32.7. The standard InChI is InChI=1S/C80H98N8O6/c1-75(2,3)59-27-47-23-51-31-61(77(7,8)9)33-53-25-49-29-60(76(4,5)6)30-50(70(49)90)26-54-34-62(78(10,11)12)32-52(24-48(28-59)69(47)89)74(54)94-46-66-44-88(86-84-66)42-58-38-64(80(16,17)18)36-56(72(58)92)40-82-68-22-20-19-21-67(68)81-39-55-35-63(79(13,14)15)37-57(71(55)91)41-87-43-65(83-85-87)45-93-73(51)53/h19-22,27-38,43-44,81-82,89-92H,23-26,39-42,45-46H2,1-18H3. The van der Waals surface area contributed by atoms with Gasteiger partial charge in [-0.15, -0.1) is 10.2 Å². The highest BCUT2D eigenvalue weighted by Gasteiger charge is 2.31. The number of ether oxygens (including phenoxy) is 2. The third-order valence-corrected chi connectivity index (χ3v) is 18.7. The van der Waals surface area contributed by atoms with Crippen molar-refractivity contribution in [1.29, 1.82) is 0 Å². The third kappa shape index (κ3) is 14.6. The Hall–Kier alpha value is -8.78. The second-order valence-electron chi connectivity index (χ2n) is 32.7. The summed E-state index contributed by atoms with van der Waals surface area (Å²) in [5.74, 6) is 2.03. The number of hydrogen-bond donors (Lipinski definition) is 6. The molecule has 0 radical (unpaired) electrons. The van der Waals surface area contributed by atoms with Gasteiger partial charge in [0.2, 0.25) is 0 Å². The molecule has 0 atom stereocenters. The summed E-state index contributed by atoms with van der Waals surface area (Å²) in [4.78, 5) is 0. The Morgan fingerprint density at radius 2 is 0.585 bits per heavy atom. The fraction of sp³-hybridized carbons (Fsp3) is 0.425. The Labute approximate surface area is 556 Å². The number of benzene rings is 7. The maximum Gasteiger partial charge on any atom is 0.134 e. The molecule has 494 valence electrons. The van der Waals surface area contributed by atoms with Crippen LogP contribution in [0.2, 0.25) is 0 Å². The normalized spacial score (nSPS) is 14.6. The lowest BCUT2D eigenvalue weighted by molar-refractivity contribution is 0.295. The molecule has 4 heterocycles. The lowest BCUT2D eigenvalue weighted by atomic mass is 9.79. The van der Waals surface area contributed by atoms with Crippen LogP contribution < -0.4 is 20.1 Å². The van der Waals surface area contributed by atoms with Crippen LogP contribution in [0.15, 0.2) is 109 Å². The number of nitrogens with one attached hydrogen (secondary N) is 2. The van der Waals surface area contributed by atoms with Gasteiger partial charge in [0.1, 0.15) is 59.1 Å². The molecule has 12 rings (SSSR count). The summed E-state index contributed by atoms with van der Waals surface area (Å²) in [5.41, 5.74) is 17.0. The lowest BCUT2D eigenvalue weighted by Gasteiger charge is -2.28. The first-order chi connectivity index (χ1) is 43.9. The number of aromatic hydroxyl groups is 4. The molecule has 6 N–H and O–H groups in total. The van der Waals surface area contributed by atoms with Crippen LogP contribution in [0.4, 0.5) is 11.4 Å². The maximum absolute atomic E-state index is 13.1. The van der Waals surface area contributed by atoms with Gasteiger partial charge in [-0.3, -0.25) is 0 Å². The monoisotopic (exact) mass is 1270 g/mol. The molecular formula is C80H98N8O6. The van der Waals surface area contributed by atoms with E-state index in [4.69, 9.17) is 19.7 Å². The fourth-order valence-corrected chi connectivity index (χ4v) is 12.7. The summed E-state index contributed by atoms with van der Waals surface area (Å²) >= 11 is 0. The first-order valence-corrected chi connectivity index (χ1v) is 33.3. The van der Waals surface area contributed by atoms with Gasteiger partial charge in [-0.05, 0) is 147 Å². The Balaban J connectivity index is 1.13. The van der Waals surface area contributed by atoms with Crippen LogP contribution in [-0.2, 0) is 97.6 Å². The van der Waals surface area contributed by atoms with E-state index < -0.39 is 0 Å². The van der Waals surface area contributed by atoms with Crippen molar-refractivity contribution >= 4 is 11.4 Å². The van der Waals surface area contributed by atoms with Gasteiger partial charge >= 0.3 is 0 Å². The Kier molecular flexibility index (Phi) is 17.6. The number of hydrogen-bond acceptors (Lipinski definition) is 12. The predicted molar refractivity (Wildman–Crippen MR) is 377 cm³/mol. The van der Waals surface area contributed by atoms with Crippen LogP contribution >= 0.6 is 0 Å².